The number of fused-ring (bicyclic) bond motifs is 2. The molecule has 4 heterocycles. The van der Waals surface area contributed by atoms with Crippen molar-refractivity contribution in [2.75, 3.05) is 58.5 Å². The van der Waals surface area contributed by atoms with Crippen molar-refractivity contribution >= 4 is 23.6 Å². The highest BCUT2D eigenvalue weighted by atomic mass is 16.6. The average molecular weight is 768 g/mol. The Bertz CT molecular complexity index is 2300. The van der Waals surface area contributed by atoms with Crippen LogP contribution in [0.3, 0.4) is 0 Å². The van der Waals surface area contributed by atoms with Crippen molar-refractivity contribution in [3.8, 4) is 22.8 Å². The summed E-state index contributed by atoms with van der Waals surface area (Å²) in [6.07, 6.45) is 0.858. The van der Waals surface area contributed by atoms with Gasteiger partial charge in [0.2, 0.25) is 0 Å². The molecule has 1 atom stereocenters. The fourth-order valence-electron chi connectivity index (χ4n) is 8.33. The van der Waals surface area contributed by atoms with E-state index in [1.165, 1.54) is 5.56 Å². The number of carbonyl (C=O) groups excluding carboxylic acids is 3. The zero-order valence-corrected chi connectivity index (χ0v) is 33.1. The smallest absolute Gasteiger partial charge is 0.415 e. The number of amides is 3. The predicted molar refractivity (Wildman–Crippen MR) is 219 cm³/mol. The molecule has 0 bridgehead atoms. The molecule has 4 aromatic carbocycles. The number of para-hydroxylation sites is 1. The maximum Gasteiger partial charge on any atom is 0.415 e. The van der Waals surface area contributed by atoms with Crippen molar-refractivity contribution in [2.24, 2.45) is 7.05 Å². The predicted octanol–water partition coefficient (Wildman–Crippen LogP) is 6.74. The van der Waals surface area contributed by atoms with Crippen LogP contribution in [0.1, 0.15) is 48.7 Å². The number of carbonyl (C=O) groups is 3. The molecule has 0 saturated carbocycles. The minimum absolute atomic E-state index is 0.0597. The molecule has 1 fully saturated rings. The van der Waals surface area contributed by atoms with Gasteiger partial charge < -0.3 is 33.5 Å². The minimum atomic E-state index is -0.465. The topological polar surface area (TPSA) is 96.8 Å². The van der Waals surface area contributed by atoms with E-state index in [-0.39, 0.29) is 24.4 Å². The Hall–Kier alpha value is -5.91. The highest BCUT2D eigenvalue weighted by Crippen LogP contribution is 2.36. The number of rotatable bonds is 8. The summed E-state index contributed by atoms with van der Waals surface area (Å²) >= 11 is 0. The first-order chi connectivity index (χ1) is 27.7. The Morgan fingerprint density at radius 3 is 2.30 bits per heavy atom. The standard InChI is InChI=1S/C46H49N5O6/c1-31-40(44(52)48(3)36-13-6-5-7-14-36)27-43(47(31)2)41-24-33-17-18-50(46(54)57-39-16-10-15-38(26-39)55-4)28-35(33)25-42(41)45(53)51-29-34-12-9-8-11-32(34)23-37(51)30-49-19-21-56-22-20-49/h5-16,24-27,37H,17-23,28-30H2,1-4H3/t37-/m0/s1. The number of benzene rings is 4. The first-order valence-corrected chi connectivity index (χ1v) is 19.6. The van der Waals surface area contributed by atoms with Crippen molar-refractivity contribution in [3.63, 3.8) is 0 Å². The summed E-state index contributed by atoms with van der Waals surface area (Å²) in [5, 5.41) is 0. The number of hydrogen-bond acceptors (Lipinski definition) is 7. The second-order valence-corrected chi connectivity index (χ2v) is 15.1. The summed E-state index contributed by atoms with van der Waals surface area (Å²) < 4.78 is 18.8. The number of anilines is 1. The van der Waals surface area contributed by atoms with E-state index in [2.05, 4.69) is 29.2 Å². The lowest BCUT2D eigenvalue weighted by Crippen LogP contribution is -2.52. The van der Waals surface area contributed by atoms with Crippen LogP contribution in [0.25, 0.3) is 11.3 Å². The Morgan fingerprint density at radius 2 is 1.53 bits per heavy atom. The molecule has 11 nitrogen and oxygen atoms in total. The van der Waals surface area contributed by atoms with Crippen molar-refractivity contribution in [2.45, 2.75) is 38.9 Å². The molecule has 1 saturated heterocycles. The van der Waals surface area contributed by atoms with Gasteiger partial charge in [-0.05, 0) is 84.5 Å². The van der Waals surface area contributed by atoms with Crippen LogP contribution in [0.5, 0.6) is 11.5 Å². The monoisotopic (exact) mass is 767 g/mol. The SMILES string of the molecule is COc1cccc(OC(=O)N2CCc3cc(-c4cc(C(=O)N(C)c5ccccc5)c(C)n4C)c(C(=O)N4Cc5ccccc5C[C@H]4CN4CCOCC4)cc3C2)c1. The Morgan fingerprint density at radius 1 is 0.789 bits per heavy atom. The molecule has 3 aliphatic heterocycles. The largest absolute Gasteiger partial charge is 0.497 e. The quantitative estimate of drug-likeness (QED) is 0.173. The lowest BCUT2D eigenvalue weighted by atomic mass is 9.89. The number of nitrogens with zero attached hydrogens (tertiary/aromatic N) is 5. The van der Waals surface area contributed by atoms with Crippen molar-refractivity contribution < 1.29 is 28.6 Å². The Kier molecular flexibility index (Phi) is 10.9. The molecule has 294 valence electrons. The maximum absolute atomic E-state index is 15.4. The van der Waals surface area contributed by atoms with E-state index < -0.39 is 6.09 Å². The molecule has 57 heavy (non-hydrogen) atoms. The maximum atomic E-state index is 15.4. The van der Waals surface area contributed by atoms with E-state index in [1.807, 2.05) is 72.0 Å². The van der Waals surface area contributed by atoms with Crippen LogP contribution in [0, 0.1) is 6.92 Å². The van der Waals surface area contributed by atoms with Gasteiger partial charge in [0.05, 0.1) is 25.9 Å². The first kappa shape index (κ1) is 38.0. The van der Waals surface area contributed by atoms with Crippen LogP contribution < -0.4 is 14.4 Å². The third-order valence-electron chi connectivity index (χ3n) is 11.8. The zero-order chi connectivity index (χ0) is 39.6. The second-order valence-electron chi connectivity index (χ2n) is 15.1. The number of ether oxygens (including phenoxy) is 3. The summed E-state index contributed by atoms with van der Waals surface area (Å²) in [7, 11) is 5.31. The Balaban J connectivity index is 1.18. The van der Waals surface area contributed by atoms with Gasteiger partial charge in [-0.25, -0.2) is 4.79 Å². The average Bonchev–Trinajstić information content (AvgIpc) is 3.55. The number of aromatic nitrogens is 1. The molecule has 8 rings (SSSR count). The normalized spacial score (nSPS) is 16.7. The molecule has 1 aromatic heterocycles. The van der Waals surface area contributed by atoms with Gasteiger partial charge in [0, 0.05) is 93.7 Å². The molecule has 3 aliphatic rings. The molecule has 0 radical (unpaired) electrons. The van der Waals surface area contributed by atoms with Gasteiger partial charge in [0.25, 0.3) is 11.8 Å². The lowest BCUT2D eigenvalue weighted by Gasteiger charge is -2.41. The molecule has 3 amide bonds. The molecule has 5 aromatic rings. The highest BCUT2D eigenvalue weighted by molar-refractivity contribution is 6.08. The summed E-state index contributed by atoms with van der Waals surface area (Å²) in [5.74, 6) is 0.787. The third kappa shape index (κ3) is 7.77. The van der Waals surface area contributed by atoms with Gasteiger partial charge in [-0.1, -0.05) is 48.5 Å². The van der Waals surface area contributed by atoms with E-state index in [4.69, 9.17) is 14.2 Å². The highest BCUT2D eigenvalue weighted by Gasteiger charge is 2.35. The van der Waals surface area contributed by atoms with Gasteiger partial charge >= 0.3 is 6.09 Å². The molecular weight excluding hydrogens is 719 g/mol. The van der Waals surface area contributed by atoms with E-state index in [9.17, 15) is 9.59 Å². The van der Waals surface area contributed by atoms with Gasteiger partial charge in [-0.15, -0.1) is 0 Å². The number of hydrogen-bond donors (Lipinski definition) is 0. The van der Waals surface area contributed by atoms with E-state index in [0.29, 0.717) is 55.4 Å². The van der Waals surface area contributed by atoms with Crippen LogP contribution in [0.4, 0.5) is 10.5 Å². The summed E-state index contributed by atoms with van der Waals surface area (Å²) in [4.78, 5) is 50.7. The summed E-state index contributed by atoms with van der Waals surface area (Å²) in [6.45, 7) is 6.90. The van der Waals surface area contributed by atoms with Crippen LogP contribution >= 0.6 is 0 Å². The summed E-state index contributed by atoms with van der Waals surface area (Å²) in [6, 6.07) is 30.9. The van der Waals surface area contributed by atoms with Gasteiger partial charge in [-0.2, -0.15) is 0 Å². The molecule has 0 spiro atoms. The van der Waals surface area contributed by atoms with Crippen LogP contribution in [-0.4, -0.2) is 96.8 Å². The van der Waals surface area contributed by atoms with Crippen LogP contribution in [0.15, 0.2) is 97.1 Å². The van der Waals surface area contributed by atoms with Crippen LogP contribution in [0.2, 0.25) is 0 Å². The number of morpholine rings is 1. The zero-order valence-electron chi connectivity index (χ0n) is 33.1. The molecule has 0 unspecified atom stereocenters. The third-order valence-corrected chi connectivity index (χ3v) is 11.8. The second kappa shape index (κ2) is 16.3. The number of methoxy groups -OCH3 is 1. The van der Waals surface area contributed by atoms with Crippen LogP contribution in [-0.2, 0) is 37.7 Å². The van der Waals surface area contributed by atoms with Gasteiger partial charge in [-0.3, -0.25) is 14.5 Å². The van der Waals surface area contributed by atoms with Crippen molar-refractivity contribution in [1.82, 2.24) is 19.3 Å². The summed E-state index contributed by atoms with van der Waals surface area (Å²) in [5.41, 5.74) is 8.60. The molecule has 11 heteroatoms. The minimum Gasteiger partial charge on any atom is -0.497 e. The molecule has 0 N–H and O–H groups in total. The van der Waals surface area contributed by atoms with E-state index in [1.54, 1.807) is 48.2 Å². The Labute approximate surface area is 333 Å². The van der Waals surface area contributed by atoms with Crippen molar-refractivity contribution in [1.29, 1.82) is 0 Å². The molecule has 0 aliphatic carbocycles. The fourth-order valence-corrected chi connectivity index (χ4v) is 8.33. The van der Waals surface area contributed by atoms with E-state index >= 15 is 4.79 Å². The lowest BCUT2D eigenvalue weighted by molar-refractivity contribution is 0.0193. The van der Waals surface area contributed by atoms with Gasteiger partial charge in [0.1, 0.15) is 11.5 Å². The van der Waals surface area contributed by atoms with Crippen molar-refractivity contribution in [3.05, 3.63) is 136 Å². The first-order valence-electron chi connectivity index (χ1n) is 19.6. The van der Waals surface area contributed by atoms with Gasteiger partial charge in [0.15, 0.2) is 0 Å². The fraction of sp³-hybridized carbons (Fsp3) is 0.326. The van der Waals surface area contributed by atoms with E-state index in [0.717, 1.165) is 65.4 Å². The molecular formula is C46H49N5O6.